The number of anilines is 2. The largest absolute Gasteiger partial charge is 0.418 e. The van der Waals surface area contributed by atoms with Crippen LogP contribution in [0.25, 0.3) is 0 Å². The van der Waals surface area contributed by atoms with Crippen LogP contribution in [0.2, 0.25) is 0 Å². The summed E-state index contributed by atoms with van der Waals surface area (Å²) in [5, 5.41) is 2.79. The van der Waals surface area contributed by atoms with Gasteiger partial charge in [0.15, 0.2) is 0 Å². The fourth-order valence-corrected chi connectivity index (χ4v) is 2.86. The van der Waals surface area contributed by atoms with Gasteiger partial charge in [-0.2, -0.15) is 13.2 Å². The van der Waals surface area contributed by atoms with E-state index < -0.39 is 11.7 Å². The lowest BCUT2D eigenvalue weighted by Crippen LogP contribution is -2.50. The molecule has 2 aromatic carbocycles. The van der Waals surface area contributed by atoms with E-state index in [1.165, 1.54) is 12.1 Å². The highest BCUT2D eigenvalue weighted by molar-refractivity contribution is 5.89. The highest BCUT2D eigenvalue weighted by Gasteiger charge is 2.35. The molecule has 4 nitrogen and oxygen atoms in total. The van der Waals surface area contributed by atoms with Crippen LogP contribution in [0.1, 0.15) is 5.56 Å². The van der Waals surface area contributed by atoms with Gasteiger partial charge < -0.3 is 15.1 Å². The van der Waals surface area contributed by atoms with Gasteiger partial charge in [0.1, 0.15) is 0 Å². The van der Waals surface area contributed by atoms with Crippen LogP contribution in [0.15, 0.2) is 54.6 Å². The number of piperazine rings is 1. The van der Waals surface area contributed by atoms with Crippen molar-refractivity contribution in [3.8, 4) is 0 Å². The topological polar surface area (TPSA) is 35.6 Å². The number of carbonyl (C=O) groups excluding carboxylic acids is 1. The van der Waals surface area contributed by atoms with E-state index in [-0.39, 0.29) is 11.7 Å². The number of nitrogens with one attached hydrogen (secondary N) is 1. The van der Waals surface area contributed by atoms with E-state index in [1.807, 2.05) is 18.2 Å². The molecule has 132 valence electrons. The van der Waals surface area contributed by atoms with Gasteiger partial charge in [-0.25, -0.2) is 4.79 Å². The van der Waals surface area contributed by atoms with E-state index in [0.717, 1.165) is 6.07 Å². The van der Waals surface area contributed by atoms with Crippen LogP contribution in [0.4, 0.5) is 29.3 Å². The average molecular weight is 349 g/mol. The van der Waals surface area contributed by atoms with Crippen LogP contribution < -0.4 is 10.2 Å². The maximum atomic E-state index is 13.1. The zero-order valence-electron chi connectivity index (χ0n) is 13.5. The molecule has 0 aromatic heterocycles. The Morgan fingerprint density at radius 1 is 0.880 bits per heavy atom. The van der Waals surface area contributed by atoms with Crippen molar-refractivity contribution in [2.75, 3.05) is 36.4 Å². The predicted molar refractivity (Wildman–Crippen MR) is 90.7 cm³/mol. The van der Waals surface area contributed by atoms with E-state index in [1.54, 1.807) is 28.0 Å². The number of nitrogens with zero attached hydrogens (tertiary/aromatic N) is 2. The van der Waals surface area contributed by atoms with Crippen molar-refractivity contribution in [1.29, 1.82) is 0 Å². The molecule has 3 rings (SSSR count). The third-order valence-electron chi connectivity index (χ3n) is 4.14. The summed E-state index contributed by atoms with van der Waals surface area (Å²) in [5.41, 5.74) is 0.215. The maximum absolute atomic E-state index is 13.1. The number of carbonyl (C=O) groups is 1. The van der Waals surface area contributed by atoms with E-state index in [0.29, 0.717) is 31.9 Å². The molecule has 25 heavy (non-hydrogen) atoms. The highest BCUT2D eigenvalue weighted by Crippen LogP contribution is 2.36. The van der Waals surface area contributed by atoms with Gasteiger partial charge in [0.25, 0.3) is 0 Å². The fraction of sp³-hybridized carbons (Fsp3) is 0.278. The molecule has 0 atom stereocenters. The van der Waals surface area contributed by atoms with Crippen molar-refractivity contribution in [3.05, 3.63) is 60.2 Å². The number of hydrogen-bond donors (Lipinski definition) is 1. The smallest absolute Gasteiger partial charge is 0.367 e. The first-order chi connectivity index (χ1) is 11.9. The number of rotatable bonds is 2. The molecule has 1 N–H and O–H groups in total. The Balaban J connectivity index is 1.64. The van der Waals surface area contributed by atoms with Crippen LogP contribution in [0, 0.1) is 0 Å². The summed E-state index contributed by atoms with van der Waals surface area (Å²) in [6.07, 6.45) is -4.39. The van der Waals surface area contributed by atoms with Gasteiger partial charge in [0, 0.05) is 37.6 Å². The lowest BCUT2D eigenvalue weighted by Gasteiger charge is -2.37. The Kier molecular flexibility index (Phi) is 4.83. The van der Waals surface area contributed by atoms with Crippen molar-refractivity contribution in [3.63, 3.8) is 0 Å². The second-order valence-electron chi connectivity index (χ2n) is 5.79. The van der Waals surface area contributed by atoms with Crippen molar-refractivity contribution in [2.45, 2.75) is 6.18 Å². The zero-order valence-corrected chi connectivity index (χ0v) is 13.5. The van der Waals surface area contributed by atoms with Crippen molar-refractivity contribution >= 4 is 17.4 Å². The number of alkyl halides is 3. The first kappa shape index (κ1) is 17.1. The van der Waals surface area contributed by atoms with Crippen LogP contribution in [-0.4, -0.2) is 37.1 Å². The molecule has 1 fully saturated rings. The minimum Gasteiger partial charge on any atom is -0.367 e. The van der Waals surface area contributed by atoms with Crippen LogP contribution in [0.3, 0.4) is 0 Å². The third-order valence-corrected chi connectivity index (χ3v) is 4.14. The van der Waals surface area contributed by atoms with Crippen molar-refractivity contribution in [2.24, 2.45) is 0 Å². The van der Waals surface area contributed by atoms with Gasteiger partial charge in [-0.05, 0) is 24.3 Å². The van der Waals surface area contributed by atoms with Crippen molar-refractivity contribution < 1.29 is 18.0 Å². The summed E-state index contributed by atoms with van der Waals surface area (Å²) in [6, 6.07) is 14.4. The number of hydrogen-bond acceptors (Lipinski definition) is 2. The van der Waals surface area contributed by atoms with Gasteiger partial charge in [-0.3, -0.25) is 0 Å². The molecule has 0 saturated carbocycles. The third kappa shape index (κ3) is 4.04. The quantitative estimate of drug-likeness (QED) is 0.887. The molecule has 2 aromatic rings. The van der Waals surface area contributed by atoms with Crippen LogP contribution in [0.5, 0.6) is 0 Å². The molecule has 2 amide bonds. The van der Waals surface area contributed by atoms with Gasteiger partial charge in [-0.15, -0.1) is 0 Å². The SMILES string of the molecule is O=C(Nc1ccccc1)N1CCN(c2ccccc2C(F)(F)F)CC1. The molecule has 0 spiro atoms. The van der Waals surface area contributed by atoms with Gasteiger partial charge in [0.05, 0.1) is 5.56 Å². The standard InChI is InChI=1S/C18H18F3N3O/c19-18(20,21)15-8-4-5-9-16(15)23-10-12-24(13-11-23)17(25)22-14-6-2-1-3-7-14/h1-9H,10-13H2,(H,22,25). The summed E-state index contributed by atoms with van der Waals surface area (Å²) in [5.74, 6) is 0. The minimum atomic E-state index is -4.39. The molecule has 1 aliphatic heterocycles. The Labute approximate surface area is 143 Å². The highest BCUT2D eigenvalue weighted by atomic mass is 19.4. The van der Waals surface area contributed by atoms with E-state index >= 15 is 0 Å². The average Bonchev–Trinajstić information content (AvgIpc) is 2.62. The van der Waals surface area contributed by atoms with E-state index in [4.69, 9.17) is 0 Å². The summed E-state index contributed by atoms with van der Waals surface area (Å²) in [7, 11) is 0. The lowest BCUT2D eigenvalue weighted by atomic mass is 10.1. The summed E-state index contributed by atoms with van der Waals surface area (Å²) in [6.45, 7) is 1.44. The molecule has 0 unspecified atom stereocenters. The lowest BCUT2D eigenvalue weighted by molar-refractivity contribution is -0.137. The molecular weight excluding hydrogens is 331 g/mol. The second-order valence-corrected chi connectivity index (χ2v) is 5.79. The maximum Gasteiger partial charge on any atom is 0.418 e. The van der Waals surface area contributed by atoms with Crippen molar-refractivity contribution in [1.82, 2.24) is 4.90 Å². The molecule has 1 heterocycles. The van der Waals surface area contributed by atoms with Gasteiger partial charge >= 0.3 is 12.2 Å². The molecule has 0 radical (unpaired) electrons. The summed E-state index contributed by atoms with van der Waals surface area (Å²) < 4.78 is 39.4. The zero-order chi connectivity index (χ0) is 17.9. The Hall–Kier alpha value is -2.70. The first-order valence-corrected chi connectivity index (χ1v) is 7.97. The van der Waals surface area contributed by atoms with Crippen LogP contribution >= 0.6 is 0 Å². The normalized spacial score (nSPS) is 15.2. The monoisotopic (exact) mass is 349 g/mol. The fourth-order valence-electron chi connectivity index (χ4n) is 2.86. The number of para-hydroxylation sites is 2. The molecular formula is C18H18F3N3O. The molecule has 0 bridgehead atoms. The second kappa shape index (κ2) is 7.04. The van der Waals surface area contributed by atoms with E-state index in [2.05, 4.69) is 5.32 Å². The Bertz CT molecular complexity index is 726. The Morgan fingerprint density at radius 2 is 1.48 bits per heavy atom. The predicted octanol–water partition coefficient (Wildman–Crippen LogP) is 4.06. The van der Waals surface area contributed by atoms with Gasteiger partial charge in [-0.1, -0.05) is 30.3 Å². The minimum absolute atomic E-state index is 0.165. The van der Waals surface area contributed by atoms with E-state index in [9.17, 15) is 18.0 Å². The Morgan fingerprint density at radius 3 is 2.12 bits per heavy atom. The van der Waals surface area contributed by atoms with Gasteiger partial charge in [0.2, 0.25) is 0 Å². The number of amides is 2. The molecule has 1 saturated heterocycles. The summed E-state index contributed by atoms with van der Waals surface area (Å²) in [4.78, 5) is 15.5. The summed E-state index contributed by atoms with van der Waals surface area (Å²) >= 11 is 0. The number of benzene rings is 2. The molecule has 1 aliphatic rings. The number of halogens is 3. The number of urea groups is 1. The first-order valence-electron chi connectivity index (χ1n) is 7.97. The molecule has 7 heteroatoms. The molecule has 0 aliphatic carbocycles. The van der Waals surface area contributed by atoms with Crippen LogP contribution in [-0.2, 0) is 6.18 Å².